The molecule has 0 spiro atoms. The van der Waals surface area contributed by atoms with Crippen LogP contribution in [0.2, 0.25) is 5.02 Å². The molecule has 162 valence electrons. The van der Waals surface area contributed by atoms with Gasteiger partial charge >= 0.3 is 6.09 Å². The molecule has 1 aromatic carbocycles. The molecule has 1 aliphatic heterocycles. The Labute approximate surface area is 187 Å². The van der Waals surface area contributed by atoms with Crippen molar-refractivity contribution < 1.29 is 9.53 Å². The molecule has 0 unspecified atom stereocenters. The van der Waals surface area contributed by atoms with E-state index in [0.29, 0.717) is 31.2 Å². The summed E-state index contributed by atoms with van der Waals surface area (Å²) in [6.45, 7) is 8.13. The predicted octanol–water partition coefficient (Wildman–Crippen LogP) is 4.85. The lowest BCUT2D eigenvalue weighted by molar-refractivity contribution is 0.0240. The van der Waals surface area contributed by atoms with E-state index in [1.54, 1.807) is 17.3 Å². The predicted molar refractivity (Wildman–Crippen MR) is 122 cm³/mol. The fraction of sp³-hybridized carbons (Fsp3) is 0.348. The van der Waals surface area contributed by atoms with Gasteiger partial charge in [-0.25, -0.2) is 4.79 Å². The Balaban J connectivity index is 1.61. The summed E-state index contributed by atoms with van der Waals surface area (Å²) in [5.41, 5.74) is 3.46. The molecule has 8 heteroatoms. The number of aromatic amines is 1. The van der Waals surface area contributed by atoms with E-state index in [-0.39, 0.29) is 6.09 Å². The van der Waals surface area contributed by atoms with Crippen LogP contribution in [0.1, 0.15) is 20.8 Å². The highest BCUT2D eigenvalue weighted by Gasteiger charge is 2.29. The zero-order valence-corrected chi connectivity index (χ0v) is 18.7. The maximum Gasteiger partial charge on any atom is 0.410 e. The third kappa shape index (κ3) is 4.82. The summed E-state index contributed by atoms with van der Waals surface area (Å²) in [6.07, 6.45) is 3.28. The summed E-state index contributed by atoms with van der Waals surface area (Å²) in [7, 11) is 0. The minimum absolute atomic E-state index is 0.273. The molecule has 0 radical (unpaired) electrons. The van der Waals surface area contributed by atoms with E-state index in [2.05, 4.69) is 20.1 Å². The van der Waals surface area contributed by atoms with E-state index in [1.165, 1.54) is 0 Å². The van der Waals surface area contributed by atoms with Gasteiger partial charge in [-0.2, -0.15) is 5.10 Å². The second-order valence-corrected chi connectivity index (χ2v) is 8.93. The number of pyridine rings is 1. The molecule has 1 aliphatic rings. The number of carbonyl (C=O) groups is 1. The summed E-state index contributed by atoms with van der Waals surface area (Å²) in [5, 5.41) is 8.55. The smallest absolute Gasteiger partial charge is 0.410 e. The average Bonchev–Trinajstić information content (AvgIpc) is 3.19. The molecule has 0 bridgehead atoms. The van der Waals surface area contributed by atoms with Crippen LogP contribution in [-0.4, -0.2) is 58.0 Å². The van der Waals surface area contributed by atoms with Gasteiger partial charge in [0, 0.05) is 49.2 Å². The molecule has 1 fully saturated rings. The largest absolute Gasteiger partial charge is 0.444 e. The van der Waals surface area contributed by atoms with Crippen LogP contribution < -0.4 is 4.90 Å². The van der Waals surface area contributed by atoms with Crippen LogP contribution in [0.15, 0.2) is 48.8 Å². The third-order valence-corrected chi connectivity index (χ3v) is 5.33. The van der Waals surface area contributed by atoms with E-state index in [4.69, 9.17) is 16.3 Å². The number of amides is 1. The van der Waals surface area contributed by atoms with Crippen LogP contribution in [-0.2, 0) is 4.74 Å². The molecular formula is C23H26ClN5O2. The SMILES string of the molecule is CC(C)(C)OC(=O)N1CCN(c2n[nH]c(-c3ccc(Cl)cc3)c2-c2ccncc2)CC1. The highest BCUT2D eigenvalue weighted by atomic mass is 35.5. The van der Waals surface area contributed by atoms with Crippen molar-refractivity contribution in [3.63, 3.8) is 0 Å². The second-order valence-electron chi connectivity index (χ2n) is 8.49. The molecule has 4 rings (SSSR count). The van der Waals surface area contributed by atoms with Gasteiger partial charge in [-0.1, -0.05) is 23.7 Å². The molecule has 1 amide bonds. The van der Waals surface area contributed by atoms with Gasteiger partial charge in [0.25, 0.3) is 0 Å². The van der Waals surface area contributed by atoms with Crippen LogP contribution >= 0.6 is 11.6 Å². The van der Waals surface area contributed by atoms with Crippen molar-refractivity contribution in [2.75, 3.05) is 31.1 Å². The molecule has 1 N–H and O–H groups in total. The van der Waals surface area contributed by atoms with Crippen LogP contribution in [0.5, 0.6) is 0 Å². The maximum atomic E-state index is 12.4. The van der Waals surface area contributed by atoms with Crippen LogP contribution in [0.3, 0.4) is 0 Å². The van der Waals surface area contributed by atoms with Gasteiger partial charge < -0.3 is 14.5 Å². The first kappa shape index (κ1) is 21.2. The zero-order chi connectivity index (χ0) is 22.0. The fourth-order valence-corrected chi connectivity index (χ4v) is 3.73. The summed E-state index contributed by atoms with van der Waals surface area (Å²) in [5.74, 6) is 0.861. The summed E-state index contributed by atoms with van der Waals surface area (Å²) in [4.78, 5) is 20.5. The van der Waals surface area contributed by atoms with Crippen molar-refractivity contribution >= 4 is 23.5 Å². The van der Waals surface area contributed by atoms with Gasteiger partial charge in [-0.05, 0) is 50.6 Å². The van der Waals surface area contributed by atoms with Crippen LogP contribution in [0.4, 0.5) is 10.6 Å². The Hall–Kier alpha value is -3.06. The lowest BCUT2D eigenvalue weighted by atomic mass is 10.0. The van der Waals surface area contributed by atoms with Gasteiger partial charge in [-0.3, -0.25) is 10.1 Å². The number of nitrogens with one attached hydrogen (secondary N) is 1. The normalized spacial score (nSPS) is 14.6. The van der Waals surface area contributed by atoms with Crippen molar-refractivity contribution in [2.45, 2.75) is 26.4 Å². The Morgan fingerprint density at radius 1 is 1.00 bits per heavy atom. The number of nitrogens with zero attached hydrogens (tertiary/aromatic N) is 4. The molecular weight excluding hydrogens is 414 g/mol. The Bertz CT molecular complexity index is 1040. The molecule has 0 atom stereocenters. The summed E-state index contributed by atoms with van der Waals surface area (Å²) >= 11 is 6.08. The number of H-pyrrole nitrogens is 1. The molecule has 0 saturated carbocycles. The van der Waals surface area contributed by atoms with Gasteiger partial charge in [-0.15, -0.1) is 0 Å². The molecule has 1 saturated heterocycles. The Morgan fingerprint density at radius 3 is 2.26 bits per heavy atom. The Kier molecular flexibility index (Phi) is 5.87. The first-order chi connectivity index (χ1) is 14.8. The fourth-order valence-electron chi connectivity index (χ4n) is 3.61. The van der Waals surface area contributed by atoms with Gasteiger partial charge in [0.15, 0.2) is 5.82 Å². The van der Waals surface area contributed by atoms with Gasteiger partial charge in [0.1, 0.15) is 5.60 Å². The maximum absolute atomic E-state index is 12.4. The standard InChI is InChI=1S/C23H26ClN5O2/c1-23(2,3)31-22(30)29-14-12-28(13-15-29)21-19(16-8-10-25-11-9-16)20(26-27-21)17-4-6-18(24)7-5-17/h4-11H,12-15H2,1-3H3,(H,26,27). The highest BCUT2D eigenvalue weighted by molar-refractivity contribution is 6.30. The number of piperazine rings is 1. The van der Waals surface area contributed by atoms with Crippen molar-refractivity contribution in [1.29, 1.82) is 0 Å². The molecule has 31 heavy (non-hydrogen) atoms. The van der Waals surface area contributed by atoms with E-state index in [1.807, 2.05) is 57.2 Å². The number of aromatic nitrogens is 3. The van der Waals surface area contributed by atoms with Crippen molar-refractivity contribution in [2.24, 2.45) is 0 Å². The van der Waals surface area contributed by atoms with Crippen LogP contribution in [0, 0.1) is 0 Å². The highest BCUT2D eigenvalue weighted by Crippen LogP contribution is 2.38. The minimum atomic E-state index is -0.502. The van der Waals surface area contributed by atoms with Crippen LogP contribution in [0.25, 0.3) is 22.4 Å². The number of carbonyl (C=O) groups excluding carboxylic acids is 1. The molecule has 7 nitrogen and oxygen atoms in total. The number of halogens is 1. The van der Waals surface area contributed by atoms with Crippen molar-refractivity contribution in [3.05, 3.63) is 53.8 Å². The topological polar surface area (TPSA) is 74.3 Å². The average molecular weight is 440 g/mol. The van der Waals surface area contributed by atoms with E-state index in [9.17, 15) is 4.79 Å². The quantitative estimate of drug-likeness (QED) is 0.631. The summed E-state index contributed by atoms with van der Waals surface area (Å²) < 4.78 is 5.51. The molecule has 3 heterocycles. The number of anilines is 1. The Morgan fingerprint density at radius 2 is 1.65 bits per heavy atom. The van der Waals surface area contributed by atoms with Crippen molar-refractivity contribution in [3.8, 4) is 22.4 Å². The number of rotatable bonds is 3. The zero-order valence-electron chi connectivity index (χ0n) is 17.9. The van der Waals surface area contributed by atoms with E-state index >= 15 is 0 Å². The first-order valence-corrected chi connectivity index (χ1v) is 10.7. The molecule has 2 aromatic heterocycles. The van der Waals surface area contributed by atoms with Crippen molar-refractivity contribution in [1.82, 2.24) is 20.1 Å². The summed E-state index contributed by atoms with van der Waals surface area (Å²) in [6, 6.07) is 11.6. The van der Waals surface area contributed by atoms with E-state index < -0.39 is 5.60 Å². The molecule has 0 aliphatic carbocycles. The second kappa shape index (κ2) is 8.59. The van der Waals surface area contributed by atoms with E-state index in [0.717, 1.165) is 28.2 Å². The lowest BCUT2D eigenvalue weighted by Crippen LogP contribution is -2.50. The first-order valence-electron chi connectivity index (χ1n) is 10.3. The third-order valence-electron chi connectivity index (χ3n) is 5.08. The lowest BCUT2D eigenvalue weighted by Gasteiger charge is -2.36. The number of benzene rings is 1. The van der Waals surface area contributed by atoms with Gasteiger partial charge in [0.2, 0.25) is 0 Å². The number of hydrogen-bond donors (Lipinski definition) is 1. The molecule has 3 aromatic rings. The number of ether oxygens (including phenoxy) is 1. The minimum Gasteiger partial charge on any atom is -0.444 e. The van der Waals surface area contributed by atoms with Gasteiger partial charge in [0.05, 0.1) is 11.3 Å². The number of hydrogen-bond acceptors (Lipinski definition) is 5. The monoisotopic (exact) mass is 439 g/mol.